The van der Waals surface area contributed by atoms with Crippen molar-refractivity contribution >= 4 is 11.9 Å². The molecule has 2 N–H and O–H groups in total. The summed E-state index contributed by atoms with van der Waals surface area (Å²) in [6.45, 7) is 2.98. The smallest absolute Gasteiger partial charge is 0.328 e. The molecule has 2 aromatic carbocycles. The number of carbonyl (C=O) groups excluding carboxylic acids is 2. The topological polar surface area (TPSA) is 81.9 Å². The van der Waals surface area contributed by atoms with E-state index >= 15 is 0 Å². The SMILES string of the molecule is CCCOC1(c2ccccc2)c2ccccc2C(=O)N1[C@@H](CCCCN)C(=O)OC. The van der Waals surface area contributed by atoms with E-state index < -0.39 is 17.7 Å². The number of amides is 1. The van der Waals surface area contributed by atoms with E-state index in [1.54, 1.807) is 11.0 Å². The van der Waals surface area contributed by atoms with E-state index in [0.29, 0.717) is 31.6 Å². The molecule has 0 saturated carbocycles. The molecule has 1 amide bonds. The minimum absolute atomic E-state index is 0.228. The summed E-state index contributed by atoms with van der Waals surface area (Å²) in [5.41, 5.74) is 6.58. The van der Waals surface area contributed by atoms with Crippen LogP contribution in [0.3, 0.4) is 0 Å². The number of nitrogens with zero attached hydrogens (tertiary/aromatic N) is 1. The Morgan fingerprint density at radius 2 is 1.80 bits per heavy atom. The fourth-order valence-corrected chi connectivity index (χ4v) is 4.14. The van der Waals surface area contributed by atoms with Gasteiger partial charge in [-0.25, -0.2) is 4.79 Å². The Morgan fingerprint density at radius 1 is 1.10 bits per heavy atom. The summed E-state index contributed by atoms with van der Waals surface area (Å²) in [7, 11) is 1.35. The van der Waals surface area contributed by atoms with Crippen molar-refractivity contribution in [3.63, 3.8) is 0 Å². The van der Waals surface area contributed by atoms with Gasteiger partial charge in [0.15, 0.2) is 5.72 Å². The van der Waals surface area contributed by atoms with Crippen molar-refractivity contribution in [2.75, 3.05) is 20.3 Å². The zero-order valence-corrected chi connectivity index (χ0v) is 17.7. The second-order valence-electron chi connectivity index (χ2n) is 7.40. The number of nitrogens with two attached hydrogens (primary N) is 1. The summed E-state index contributed by atoms with van der Waals surface area (Å²) in [4.78, 5) is 28.1. The van der Waals surface area contributed by atoms with Gasteiger partial charge >= 0.3 is 5.97 Å². The van der Waals surface area contributed by atoms with Crippen LogP contribution in [0.25, 0.3) is 0 Å². The minimum atomic E-state index is -1.19. The molecule has 0 radical (unpaired) electrons. The zero-order valence-electron chi connectivity index (χ0n) is 17.7. The largest absolute Gasteiger partial charge is 0.467 e. The number of benzene rings is 2. The third kappa shape index (κ3) is 3.85. The van der Waals surface area contributed by atoms with E-state index in [0.717, 1.165) is 24.0 Å². The maximum absolute atomic E-state index is 13.7. The minimum Gasteiger partial charge on any atom is -0.467 e. The number of hydrogen-bond donors (Lipinski definition) is 1. The van der Waals surface area contributed by atoms with E-state index in [4.69, 9.17) is 15.2 Å². The van der Waals surface area contributed by atoms with Crippen molar-refractivity contribution in [2.45, 2.75) is 44.4 Å². The van der Waals surface area contributed by atoms with Gasteiger partial charge in [-0.2, -0.15) is 0 Å². The highest BCUT2D eigenvalue weighted by Crippen LogP contribution is 2.47. The van der Waals surface area contributed by atoms with Crippen molar-refractivity contribution in [1.29, 1.82) is 0 Å². The molecule has 2 atom stereocenters. The highest BCUT2D eigenvalue weighted by molar-refractivity contribution is 6.02. The number of fused-ring (bicyclic) bond motifs is 1. The fourth-order valence-electron chi connectivity index (χ4n) is 4.14. The normalized spacial score (nSPS) is 18.9. The molecule has 30 heavy (non-hydrogen) atoms. The predicted octanol–water partition coefficient (Wildman–Crippen LogP) is 3.44. The lowest BCUT2D eigenvalue weighted by molar-refractivity contribution is -0.162. The third-order valence-electron chi connectivity index (χ3n) is 5.48. The van der Waals surface area contributed by atoms with Gasteiger partial charge in [-0.1, -0.05) is 55.5 Å². The van der Waals surface area contributed by atoms with Crippen LogP contribution in [-0.2, 0) is 20.0 Å². The van der Waals surface area contributed by atoms with Gasteiger partial charge in [0.25, 0.3) is 5.91 Å². The van der Waals surface area contributed by atoms with E-state index in [9.17, 15) is 9.59 Å². The summed E-state index contributed by atoms with van der Waals surface area (Å²) >= 11 is 0. The van der Waals surface area contributed by atoms with Gasteiger partial charge in [-0.3, -0.25) is 9.69 Å². The Kier molecular flexibility index (Phi) is 7.24. The molecule has 6 heteroatoms. The van der Waals surface area contributed by atoms with Crippen LogP contribution in [0.2, 0.25) is 0 Å². The molecule has 0 aromatic heterocycles. The number of unbranched alkanes of at least 4 members (excludes halogenated alkanes) is 1. The molecular weight excluding hydrogens is 380 g/mol. The second kappa shape index (κ2) is 9.87. The molecule has 1 aliphatic rings. The molecule has 3 rings (SSSR count). The van der Waals surface area contributed by atoms with Gasteiger partial charge in [0.05, 0.1) is 7.11 Å². The maximum Gasteiger partial charge on any atom is 0.328 e. The molecule has 1 aliphatic heterocycles. The molecule has 1 unspecified atom stereocenters. The van der Waals surface area contributed by atoms with Gasteiger partial charge in [-0.05, 0) is 38.3 Å². The van der Waals surface area contributed by atoms with Gasteiger partial charge in [0.1, 0.15) is 6.04 Å². The first kappa shape index (κ1) is 22.0. The molecule has 160 valence electrons. The molecule has 0 spiro atoms. The van der Waals surface area contributed by atoms with E-state index in [-0.39, 0.29) is 5.91 Å². The van der Waals surface area contributed by atoms with Crippen LogP contribution in [-0.4, -0.2) is 43.1 Å². The Hall–Kier alpha value is -2.70. The van der Waals surface area contributed by atoms with Crippen LogP contribution in [0, 0.1) is 0 Å². The molecular formula is C24H30N2O4. The highest BCUT2D eigenvalue weighted by atomic mass is 16.5. The molecule has 6 nitrogen and oxygen atoms in total. The number of ether oxygens (including phenoxy) is 2. The van der Waals surface area contributed by atoms with E-state index in [2.05, 4.69) is 0 Å². The summed E-state index contributed by atoms with van der Waals surface area (Å²) in [5, 5.41) is 0. The molecule has 0 fully saturated rings. The van der Waals surface area contributed by atoms with Crippen molar-refractivity contribution in [1.82, 2.24) is 4.90 Å². The maximum atomic E-state index is 13.7. The van der Waals surface area contributed by atoms with Gasteiger partial charge < -0.3 is 15.2 Å². The zero-order chi connectivity index (χ0) is 21.6. The summed E-state index contributed by atoms with van der Waals surface area (Å²) in [5.74, 6) is -0.678. The van der Waals surface area contributed by atoms with Gasteiger partial charge in [-0.15, -0.1) is 0 Å². The van der Waals surface area contributed by atoms with Crippen LogP contribution in [0.15, 0.2) is 54.6 Å². The van der Waals surface area contributed by atoms with E-state index in [1.165, 1.54) is 7.11 Å². The number of rotatable bonds is 10. The molecule has 1 heterocycles. The lowest BCUT2D eigenvalue weighted by Gasteiger charge is -2.42. The van der Waals surface area contributed by atoms with Crippen LogP contribution >= 0.6 is 0 Å². The number of methoxy groups -OCH3 is 1. The predicted molar refractivity (Wildman–Crippen MR) is 115 cm³/mol. The van der Waals surface area contributed by atoms with Crippen LogP contribution in [0.1, 0.15) is 54.1 Å². The lowest BCUT2D eigenvalue weighted by Crippen LogP contribution is -2.55. The Morgan fingerprint density at radius 3 is 2.47 bits per heavy atom. The highest BCUT2D eigenvalue weighted by Gasteiger charge is 2.56. The van der Waals surface area contributed by atoms with Crippen LogP contribution in [0.5, 0.6) is 0 Å². The fraction of sp³-hybridized carbons (Fsp3) is 0.417. The van der Waals surface area contributed by atoms with Crippen LogP contribution in [0.4, 0.5) is 0 Å². The quantitative estimate of drug-likeness (QED) is 0.479. The summed E-state index contributed by atoms with van der Waals surface area (Å²) in [6, 6.07) is 16.3. The van der Waals surface area contributed by atoms with Crippen molar-refractivity contribution in [3.8, 4) is 0 Å². The Labute approximate surface area is 178 Å². The monoisotopic (exact) mass is 410 g/mol. The molecule has 0 aliphatic carbocycles. The standard InChI is InChI=1S/C24H30N2O4/c1-3-17-30-24(18-11-5-4-6-12-18)20-14-8-7-13-19(20)22(27)26(24)21(23(28)29-2)15-9-10-16-25/h4-8,11-14,21H,3,9-10,15-17,25H2,1-2H3/t21-,24?/m0/s1. The number of esters is 1. The number of hydrogen-bond acceptors (Lipinski definition) is 5. The first-order valence-corrected chi connectivity index (χ1v) is 10.5. The molecule has 0 bridgehead atoms. The summed E-state index contributed by atoms with van der Waals surface area (Å²) in [6.07, 6.45) is 2.69. The Bertz CT molecular complexity index is 871. The number of carbonyl (C=O) groups is 2. The first-order chi connectivity index (χ1) is 14.6. The van der Waals surface area contributed by atoms with E-state index in [1.807, 2.05) is 55.5 Å². The average Bonchev–Trinajstić information content (AvgIpc) is 3.04. The Balaban J connectivity index is 2.21. The van der Waals surface area contributed by atoms with Gasteiger partial charge in [0.2, 0.25) is 0 Å². The first-order valence-electron chi connectivity index (χ1n) is 10.5. The van der Waals surface area contributed by atoms with Crippen molar-refractivity contribution in [2.24, 2.45) is 5.73 Å². The van der Waals surface area contributed by atoms with Gasteiger partial charge in [0, 0.05) is 23.3 Å². The molecule has 0 saturated heterocycles. The van der Waals surface area contributed by atoms with Crippen molar-refractivity contribution in [3.05, 3.63) is 71.3 Å². The molecule has 2 aromatic rings. The third-order valence-corrected chi connectivity index (χ3v) is 5.48. The average molecular weight is 411 g/mol. The summed E-state index contributed by atoms with van der Waals surface area (Å²) < 4.78 is 11.6. The lowest BCUT2D eigenvalue weighted by atomic mass is 9.92. The van der Waals surface area contributed by atoms with Crippen molar-refractivity contribution < 1.29 is 19.1 Å². The van der Waals surface area contributed by atoms with Crippen LogP contribution < -0.4 is 5.73 Å². The second-order valence-corrected chi connectivity index (χ2v) is 7.40.